The van der Waals surface area contributed by atoms with E-state index in [1.165, 1.54) is 0 Å². The van der Waals surface area contributed by atoms with E-state index in [-0.39, 0.29) is 11.2 Å². The summed E-state index contributed by atoms with van der Waals surface area (Å²) in [6.45, 7) is 3.75. The van der Waals surface area contributed by atoms with Gasteiger partial charge in [0.25, 0.3) is 0 Å². The highest BCUT2D eigenvalue weighted by Gasteiger charge is 2.23. The molecule has 1 aromatic rings. The molecule has 0 N–H and O–H groups in total. The first-order valence-corrected chi connectivity index (χ1v) is 7.72. The van der Waals surface area contributed by atoms with Gasteiger partial charge in [-0.2, -0.15) is 16.9 Å². The molecule has 0 spiro atoms. The van der Waals surface area contributed by atoms with E-state index in [9.17, 15) is 4.79 Å². The predicted molar refractivity (Wildman–Crippen MR) is 72.4 cm³/mol. The number of hydrogen-bond donors (Lipinski definition) is 0. The third-order valence-electron chi connectivity index (χ3n) is 2.66. The van der Waals surface area contributed by atoms with Gasteiger partial charge in [-0.1, -0.05) is 0 Å². The number of nitrogens with zero attached hydrogens (tertiary/aromatic N) is 3. The summed E-state index contributed by atoms with van der Waals surface area (Å²) in [5.74, 6) is 2.38. The molecule has 1 fully saturated rings. The molecule has 2 rings (SSSR count). The maximum absolute atomic E-state index is 12.2. The van der Waals surface area contributed by atoms with Crippen LogP contribution in [-0.2, 0) is 11.8 Å². The second-order valence-electron chi connectivity index (χ2n) is 4.05. The van der Waals surface area contributed by atoms with E-state index in [1.54, 1.807) is 22.6 Å². The molecule has 0 unspecified atom stereocenters. The Kier molecular flexibility index (Phi) is 4.39. The highest BCUT2D eigenvalue weighted by Crippen LogP contribution is 2.24. The maximum atomic E-state index is 12.2. The summed E-state index contributed by atoms with van der Waals surface area (Å²) in [5, 5.41) is 4.08. The van der Waals surface area contributed by atoms with Gasteiger partial charge in [0.2, 0.25) is 5.91 Å². The van der Waals surface area contributed by atoms with Crippen molar-refractivity contribution in [3.8, 4) is 0 Å². The molecule has 1 atom stereocenters. The normalized spacial score (nSPS) is 18.1. The van der Waals surface area contributed by atoms with Crippen molar-refractivity contribution in [2.75, 3.05) is 24.6 Å². The number of carbonyl (C=O) groups excluding carboxylic acids is 1. The van der Waals surface area contributed by atoms with Crippen LogP contribution in [0.2, 0.25) is 0 Å². The average molecular weight is 271 g/mol. The van der Waals surface area contributed by atoms with E-state index in [4.69, 9.17) is 0 Å². The molecular formula is C11H17N3OS2. The number of thioether (sulfide) groups is 2. The van der Waals surface area contributed by atoms with Gasteiger partial charge in [0.1, 0.15) is 0 Å². The van der Waals surface area contributed by atoms with Crippen LogP contribution >= 0.6 is 23.5 Å². The van der Waals surface area contributed by atoms with Gasteiger partial charge >= 0.3 is 0 Å². The van der Waals surface area contributed by atoms with E-state index in [0.29, 0.717) is 0 Å². The minimum atomic E-state index is -0.0256. The Morgan fingerprint density at radius 2 is 2.24 bits per heavy atom. The minimum absolute atomic E-state index is 0.0256. The van der Waals surface area contributed by atoms with E-state index in [2.05, 4.69) is 5.10 Å². The first kappa shape index (κ1) is 12.8. The number of amides is 1. The van der Waals surface area contributed by atoms with E-state index in [1.807, 2.05) is 36.8 Å². The number of carbonyl (C=O) groups is 1. The maximum Gasteiger partial charge on any atom is 0.235 e. The minimum Gasteiger partial charge on any atom is -0.340 e. The van der Waals surface area contributed by atoms with Crippen LogP contribution in [0, 0.1) is 0 Å². The van der Waals surface area contributed by atoms with Crippen LogP contribution in [0.4, 0.5) is 0 Å². The molecule has 94 valence electrons. The molecule has 1 aliphatic rings. The second kappa shape index (κ2) is 5.82. The number of aromatic nitrogens is 2. The van der Waals surface area contributed by atoms with Gasteiger partial charge in [0.15, 0.2) is 0 Å². The first-order valence-electron chi connectivity index (χ1n) is 5.68. The van der Waals surface area contributed by atoms with Crippen molar-refractivity contribution in [2.45, 2.75) is 17.1 Å². The van der Waals surface area contributed by atoms with Gasteiger partial charge in [-0.25, -0.2) is 0 Å². The Hall–Kier alpha value is -0.620. The summed E-state index contributed by atoms with van der Waals surface area (Å²) in [6, 6.07) is 0. The van der Waals surface area contributed by atoms with Gasteiger partial charge in [-0.3, -0.25) is 9.48 Å². The van der Waals surface area contributed by atoms with Crippen molar-refractivity contribution in [1.29, 1.82) is 0 Å². The Labute approximate surface area is 110 Å². The molecule has 6 heteroatoms. The van der Waals surface area contributed by atoms with E-state index in [0.717, 1.165) is 29.5 Å². The fraction of sp³-hybridized carbons (Fsp3) is 0.636. The number of aryl methyl sites for hydroxylation is 1. The molecular weight excluding hydrogens is 254 g/mol. The van der Waals surface area contributed by atoms with Gasteiger partial charge in [-0.05, 0) is 6.92 Å². The topological polar surface area (TPSA) is 38.1 Å². The Morgan fingerprint density at radius 3 is 2.82 bits per heavy atom. The van der Waals surface area contributed by atoms with Gasteiger partial charge in [0, 0.05) is 42.7 Å². The predicted octanol–water partition coefficient (Wildman–Crippen LogP) is 1.48. The zero-order valence-electron chi connectivity index (χ0n) is 10.1. The van der Waals surface area contributed by atoms with Gasteiger partial charge < -0.3 is 4.90 Å². The molecule has 17 heavy (non-hydrogen) atoms. The van der Waals surface area contributed by atoms with Crippen molar-refractivity contribution in [3.63, 3.8) is 0 Å². The van der Waals surface area contributed by atoms with Crippen molar-refractivity contribution in [2.24, 2.45) is 7.05 Å². The molecule has 1 aromatic heterocycles. The van der Waals surface area contributed by atoms with Crippen LogP contribution in [-0.4, -0.2) is 50.4 Å². The highest BCUT2D eigenvalue weighted by atomic mass is 32.2. The summed E-state index contributed by atoms with van der Waals surface area (Å²) in [4.78, 5) is 15.2. The quantitative estimate of drug-likeness (QED) is 0.781. The molecule has 0 radical (unpaired) electrons. The molecule has 2 heterocycles. The lowest BCUT2D eigenvalue weighted by Crippen LogP contribution is -2.41. The largest absolute Gasteiger partial charge is 0.340 e. The van der Waals surface area contributed by atoms with Crippen LogP contribution in [0.3, 0.4) is 0 Å². The summed E-state index contributed by atoms with van der Waals surface area (Å²) < 4.78 is 1.76. The van der Waals surface area contributed by atoms with Crippen molar-refractivity contribution in [3.05, 3.63) is 12.4 Å². The van der Waals surface area contributed by atoms with Gasteiger partial charge in [0.05, 0.1) is 11.4 Å². The fourth-order valence-corrected chi connectivity index (χ4v) is 3.64. The van der Waals surface area contributed by atoms with Crippen molar-refractivity contribution < 1.29 is 4.79 Å². The van der Waals surface area contributed by atoms with Gasteiger partial charge in [-0.15, -0.1) is 11.8 Å². The lowest BCUT2D eigenvalue weighted by atomic mass is 10.3. The summed E-state index contributed by atoms with van der Waals surface area (Å²) >= 11 is 3.51. The lowest BCUT2D eigenvalue weighted by molar-refractivity contribution is -0.129. The molecule has 1 amide bonds. The SMILES string of the molecule is C[C@@H](Sc1cnn(C)c1)C(=O)N1CCSCC1. The summed E-state index contributed by atoms with van der Waals surface area (Å²) in [6.07, 6.45) is 3.75. The Morgan fingerprint density at radius 1 is 1.53 bits per heavy atom. The smallest absolute Gasteiger partial charge is 0.235 e. The molecule has 0 saturated carbocycles. The Balaban J connectivity index is 1.90. The second-order valence-corrected chi connectivity index (χ2v) is 6.69. The number of hydrogen-bond acceptors (Lipinski definition) is 4. The summed E-state index contributed by atoms with van der Waals surface area (Å²) in [7, 11) is 1.89. The fourth-order valence-electron chi connectivity index (χ4n) is 1.76. The van der Waals surface area contributed by atoms with Crippen LogP contribution in [0.5, 0.6) is 0 Å². The number of rotatable bonds is 3. The third kappa shape index (κ3) is 3.42. The van der Waals surface area contributed by atoms with Crippen LogP contribution < -0.4 is 0 Å². The molecule has 4 nitrogen and oxygen atoms in total. The average Bonchev–Trinajstić information content (AvgIpc) is 2.75. The standard InChI is InChI=1S/C11H17N3OS2/c1-9(17-10-7-12-13(2)8-10)11(15)14-3-5-16-6-4-14/h7-9H,3-6H2,1-2H3/t9-/m1/s1. The van der Waals surface area contributed by atoms with Crippen molar-refractivity contribution in [1.82, 2.24) is 14.7 Å². The Bertz CT molecular complexity index is 388. The monoisotopic (exact) mass is 271 g/mol. The zero-order valence-corrected chi connectivity index (χ0v) is 11.8. The molecule has 1 saturated heterocycles. The zero-order chi connectivity index (χ0) is 12.3. The first-order chi connectivity index (χ1) is 8.16. The van der Waals surface area contributed by atoms with E-state index >= 15 is 0 Å². The molecule has 1 aliphatic heterocycles. The summed E-state index contributed by atoms with van der Waals surface area (Å²) in [5.41, 5.74) is 0. The van der Waals surface area contributed by atoms with E-state index < -0.39 is 0 Å². The highest BCUT2D eigenvalue weighted by molar-refractivity contribution is 8.00. The van der Waals surface area contributed by atoms with Crippen LogP contribution in [0.15, 0.2) is 17.3 Å². The molecule has 0 aromatic carbocycles. The van der Waals surface area contributed by atoms with Crippen LogP contribution in [0.25, 0.3) is 0 Å². The molecule has 0 bridgehead atoms. The molecule has 0 aliphatic carbocycles. The lowest BCUT2D eigenvalue weighted by Gasteiger charge is -2.28. The van der Waals surface area contributed by atoms with Crippen LogP contribution in [0.1, 0.15) is 6.92 Å². The third-order valence-corrected chi connectivity index (χ3v) is 4.65. The van der Waals surface area contributed by atoms with Crippen molar-refractivity contribution >= 4 is 29.4 Å².